The lowest BCUT2D eigenvalue weighted by atomic mass is 9.95. The van der Waals surface area contributed by atoms with Gasteiger partial charge >= 0.3 is 6.03 Å². The lowest BCUT2D eigenvalue weighted by Crippen LogP contribution is -2.46. The molecule has 0 spiro atoms. The fourth-order valence-corrected chi connectivity index (χ4v) is 5.95. The van der Waals surface area contributed by atoms with E-state index in [4.69, 9.17) is 5.10 Å². The number of amides is 2. The van der Waals surface area contributed by atoms with Gasteiger partial charge in [-0.3, -0.25) is 0 Å². The highest BCUT2D eigenvalue weighted by Gasteiger charge is 2.36. The number of fused-ring (bicyclic) bond motifs is 3. The number of nitrogens with one attached hydrogen (secondary N) is 1. The maximum Gasteiger partial charge on any atom is 0.318 e. The number of urea groups is 1. The molecule has 4 aromatic rings. The minimum absolute atomic E-state index is 0.00703. The Labute approximate surface area is 218 Å². The van der Waals surface area contributed by atoms with Crippen LogP contribution >= 0.6 is 0 Å². The van der Waals surface area contributed by atoms with Crippen molar-refractivity contribution >= 4 is 6.03 Å². The van der Waals surface area contributed by atoms with E-state index in [2.05, 4.69) is 78.5 Å². The Morgan fingerprint density at radius 2 is 1.73 bits per heavy atom. The first-order valence-corrected chi connectivity index (χ1v) is 13.6. The van der Waals surface area contributed by atoms with E-state index < -0.39 is 0 Å². The summed E-state index contributed by atoms with van der Waals surface area (Å²) in [6.07, 6.45) is 8.65. The molecular weight excluding hydrogens is 458 g/mol. The van der Waals surface area contributed by atoms with Gasteiger partial charge in [-0.05, 0) is 56.0 Å². The number of rotatable bonds is 4. The first-order valence-electron chi connectivity index (χ1n) is 13.6. The summed E-state index contributed by atoms with van der Waals surface area (Å²) in [6.45, 7) is 4.75. The Hall–Kier alpha value is -3.80. The third-order valence-electron chi connectivity index (χ3n) is 7.89. The van der Waals surface area contributed by atoms with Crippen LogP contribution < -0.4 is 5.32 Å². The molecule has 3 heterocycles. The van der Waals surface area contributed by atoms with Crippen LogP contribution in [0, 0.1) is 6.92 Å². The molecule has 2 aromatic carbocycles. The summed E-state index contributed by atoms with van der Waals surface area (Å²) in [4.78, 5) is 16.1. The number of nitrogens with zero attached hydrogens (tertiary/aromatic N) is 4. The van der Waals surface area contributed by atoms with Crippen LogP contribution in [0.25, 0.3) is 11.5 Å². The molecule has 0 bridgehead atoms. The summed E-state index contributed by atoms with van der Waals surface area (Å²) >= 11 is 0. The maximum absolute atomic E-state index is 14.1. The van der Waals surface area contributed by atoms with Crippen molar-refractivity contribution in [3.05, 3.63) is 101 Å². The zero-order chi connectivity index (χ0) is 25.4. The molecule has 190 valence electrons. The zero-order valence-corrected chi connectivity index (χ0v) is 21.7. The fraction of sp³-hybridized carbons (Fsp3) is 0.355. The van der Waals surface area contributed by atoms with E-state index in [1.165, 1.54) is 24.8 Å². The second-order valence-corrected chi connectivity index (χ2v) is 10.4. The molecule has 1 N–H and O–H groups in total. The number of aryl methyl sites for hydroxylation is 2. The molecule has 2 amide bonds. The minimum atomic E-state index is -0.208. The van der Waals surface area contributed by atoms with Gasteiger partial charge in [0.15, 0.2) is 0 Å². The van der Waals surface area contributed by atoms with Gasteiger partial charge < -0.3 is 14.8 Å². The topological polar surface area (TPSA) is 55.1 Å². The standard InChI is InChI=1S/C31H35N5O/c1-3-27-26-21-35(31(37)32-24-11-6-4-7-12-24)29(23-18-16-22(2)17-19-23)28-15-10-20-34(28)30(26)36(33-27)25-13-8-5-9-14-25/h5,8-10,13-20,24,29H,3-4,6-7,11-12,21H2,1-2H3,(H,32,37)/t29-/m1/s1. The predicted molar refractivity (Wildman–Crippen MR) is 146 cm³/mol. The normalized spacial score (nSPS) is 17.7. The number of carbonyl (C=O) groups is 1. The predicted octanol–water partition coefficient (Wildman–Crippen LogP) is 6.48. The molecule has 37 heavy (non-hydrogen) atoms. The monoisotopic (exact) mass is 493 g/mol. The van der Waals surface area contributed by atoms with Crippen molar-refractivity contribution in [3.63, 3.8) is 0 Å². The molecule has 1 aliphatic heterocycles. The average molecular weight is 494 g/mol. The van der Waals surface area contributed by atoms with Gasteiger partial charge in [-0.15, -0.1) is 0 Å². The first kappa shape index (κ1) is 23.6. The summed E-state index contributed by atoms with van der Waals surface area (Å²) in [5, 5.41) is 8.46. The molecule has 1 aliphatic carbocycles. The van der Waals surface area contributed by atoms with Crippen molar-refractivity contribution in [2.75, 3.05) is 0 Å². The maximum atomic E-state index is 14.1. The molecule has 0 radical (unpaired) electrons. The van der Waals surface area contributed by atoms with Crippen LogP contribution in [0.4, 0.5) is 4.79 Å². The molecule has 2 aliphatic rings. The quantitative estimate of drug-likeness (QED) is 0.354. The van der Waals surface area contributed by atoms with Gasteiger partial charge in [0, 0.05) is 17.8 Å². The van der Waals surface area contributed by atoms with E-state index in [1.54, 1.807) is 0 Å². The molecule has 0 unspecified atom stereocenters. The Morgan fingerprint density at radius 1 is 0.973 bits per heavy atom. The van der Waals surface area contributed by atoms with Crippen molar-refractivity contribution < 1.29 is 4.79 Å². The molecular formula is C31H35N5O. The Balaban J connectivity index is 1.52. The van der Waals surface area contributed by atoms with E-state index in [0.29, 0.717) is 6.54 Å². The largest absolute Gasteiger partial charge is 0.335 e. The van der Waals surface area contributed by atoms with Crippen LogP contribution in [0.3, 0.4) is 0 Å². The Morgan fingerprint density at radius 3 is 2.46 bits per heavy atom. The lowest BCUT2D eigenvalue weighted by molar-refractivity contribution is 0.173. The van der Waals surface area contributed by atoms with Gasteiger partial charge in [-0.2, -0.15) is 5.10 Å². The van der Waals surface area contributed by atoms with Crippen LogP contribution in [0.5, 0.6) is 0 Å². The minimum Gasteiger partial charge on any atom is -0.335 e. The van der Waals surface area contributed by atoms with Crippen LogP contribution in [0.1, 0.15) is 73.1 Å². The number of hydrogen-bond acceptors (Lipinski definition) is 2. The third kappa shape index (κ3) is 4.35. The van der Waals surface area contributed by atoms with Crippen LogP contribution in [0.15, 0.2) is 72.9 Å². The van der Waals surface area contributed by atoms with E-state index in [-0.39, 0.29) is 18.1 Å². The summed E-state index contributed by atoms with van der Waals surface area (Å²) in [6, 6.07) is 23.2. The van der Waals surface area contributed by atoms with E-state index in [1.807, 2.05) is 27.8 Å². The SMILES string of the molecule is CCc1nn(-c2ccccc2)c2c1CN(C(=O)NC1CCCCC1)[C@H](c1ccc(C)cc1)c1cccn1-2. The third-order valence-corrected chi connectivity index (χ3v) is 7.89. The van der Waals surface area contributed by atoms with Crippen molar-refractivity contribution in [2.24, 2.45) is 0 Å². The van der Waals surface area contributed by atoms with Crippen molar-refractivity contribution in [1.82, 2.24) is 24.6 Å². The van der Waals surface area contributed by atoms with Gasteiger partial charge in [0.1, 0.15) is 5.82 Å². The van der Waals surface area contributed by atoms with Crippen LogP contribution in [0.2, 0.25) is 0 Å². The number of hydrogen-bond donors (Lipinski definition) is 1. The summed E-state index contributed by atoms with van der Waals surface area (Å²) < 4.78 is 4.29. The highest BCUT2D eigenvalue weighted by atomic mass is 16.2. The van der Waals surface area contributed by atoms with Gasteiger partial charge in [0.05, 0.1) is 29.7 Å². The van der Waals surface area contributed by atoms with Crippen molar-refractivity contribution in [1.29, 1.82) is 0 Å². The molecule has 6 heteroatoms. The Kier molecular flexibility index (Phi) is 6.33. The number of para-hydroxylation sites is 1. The van der Waals surface area contributed by atoms with Crippen molar-refractivity contribution in [3.8, 4) is 11.5 Å². The van der Waals surface area contributed by atoms with Crippen molar-refractivity contribution in [2.45, 2.75) is 71.0 Å². The van der Waals surface area contributed by atoms with Crippen LogP contribution in [-0.4, -0.2) is 31.3 Å². The number of aromatic nitrogens is 3. The molecule has 6 rings (SSSR count). The summed E-state index contributed by atoms with van der Waals surface area (Å²) in [5.41, 5.74) is 6.55. The second kappa shape index (κ2) is 9.92. The van der Waals surface area contributed by atoms with Gasteiger partial charge in [0.2, 0.25) is 0 Å². The summed E-state index contributed by atoms with van der Waals surface area (Å²) in [5.74, 6) is 1.02. The van der Waals surface area contributed by atoms with Crippen LogP contribution in [-0.2, 0) is 13.0 Å². The average Bonchev–Trinajstić information content (AvgIpc) is 3.51. The zero-order valence-electron chi connectivity index (χ0n) is 21.7. The fourth-order valence-electron chi connectivity index (χ4n) is 5.95. The van der Waals surface area contributed by atoms with Gasteiger partial charge in [-0.25, -0.2) is 9.48 Å². The molecule has 6 nitrogen and oxygen atoms in total. The molecule has 0 saturated heterocycles. The van der Waals surface area contributed by atoms with Gasteiger partial charge in [0.25, 0.3) is 0 Å². The van der Waals surface area contributed by atoms with E-state index in [9.17, 15) is 4.79 Å². The second-order valence-electron chi connectivity index (χ2n) is 10.4. The van der Waals surface area contributed by atoms with E-state index in [0.717, 1.165) is 53.3 Å². The number of benzene rings is 2. The summed E-state index contributed by atoms with van der Waals surface area (Å²) in [7, 11) is 0. The van der Waals surface area contributed by atoms with E-state index >= 15 is 0 Å². The molecule has 2 aromatic heterocycles. The molecule has 1 fully saturated rings. The highest BCUT2D eigenvalue weighted by molar-refractivity contribution is 5.76. The Bertz CT molecular complexity index is 1380. The van der Waals surface area contributed by atoms with Gasteiger partial charge in [-0.1, -0.05) is 74.2 Å². The molecule has 1 atom stereocenters. The highest BCUT2D eigenvalue weighted by Crippen LogP contribution is 2.39. The lowest BCUT2D eigenvalue weighted by Gasteiger charge is -2.33. The molecule has 1 saturated carbocycles. The smallest absolute Gasteiger partial charge is 0.318 e. The number of carbonyl (C=O) groups excluding carboxylic acids is 1. The first-order chi connectivity index (χ1) is 18.1.